The minimum Gasteiger partial charge on any atom is -0.441 e. The molecule has 2 aromatic rings. The standard InChI is InChI=1S/C10H12N4O2/c1-6-12-8-5-7(3-4-9(8)16-6)14(2)10(15)13-11/h3-5H,11H2,1-2H3,(H,13,15). The van der Waals surface area contributed by atoms with Gasteiger partial charge in [0.2, 0.25) is 0 Å². The summed E-state index contributed by atoms with van der Waals surface area (Å²) < 4.78 is 5.33. The maximum Gasteiger partial charge on any atom is 0.335 e. The molecule has 0 aliphatic carbocycles. The Kier molecular flexibility index (Phi) is 2.49. The van der Waals surface area contributed by atoms with E-state index in [1.54, 1.807) is 32.2 Å². The van der Waals surface area contributed by atoms with Crippen LogP contribution < -0.4 is 16.2 Å². The highest BCUT2D eigenvalue weighted by Gasteiger charge is 2.11. The summed E-state index contributed by atoms with van der Waals surface area (Å²) in [7, 11) is 1.62. The van der Waals surface area contributed by atoms with Crippen LogP contribution in [0.4, 0.5) is 10.5 Å². The van der Waals surface area contributed by atoms with Crippen molar-refractivity contribution >= 4 is 22.8 Å². The van der Waals surface area contributed by atoms with Gasteiger partial charge in [-0.05, 0) is 18.2 Å². The van der Waals surface area contributed by atoms with Crippen LogP contribution in [0.3, 0.4) is 0 Å². The Hall–Kier alpha value is -2.08. The lowest BCUT2D eigenvalue weighted by Gasteiger charge is -2.15. The number of rotatable bonds is 1. The number of carbonyl (C=O) groups excluding carboxylic acids is 1. The van der Waals surface area contributed by atoms with Crippen LogP contribution >= 0.6 is 0 Å². The number of carbonyl (C=O) groups is 1. The number of hydrazine groups is 1. The smallest absolute Gasteiger partial charge is 0.335 e. The molecule has 0 spiro atoms. The van der Waals surface area contributed by atoms with Gasteiger partial charge in [0, 0.05) is 19.7 Å². The first kappa shape index (κ1) is 10.4. The zero-order valence-corrected chi connectivity index (χ0v) is 9.02. The van der Waals surface area contributed by atoms with Gasteiger partial charge in [0.25, 0.3) is 0 Å². The summed E-state index contributed by atoms with van der Waals surface area (Å²) >= 11 is 0. The molecule has 0 unspecified atom stereocenters. The van der Waals surface area contributed by atoms with Crippen LogP contribution in [0.15, 0.2) is 22.6 Å². The highest BCUT2D eigenvalue weighted by Crippen LogP contribution is 2.21. The van der Waals surface area contributed by atoms with E-state index in [2.05, 4.69) is 10.4 Å². The number of benzene rings is 1. The number of aromatic nitrogens is 1. The lowest BCUT2D eigenvalue weighted by atomic mass is 10.2. The number of anilines is 1. The molecule has 0 aliphatic heterocycles. The fraction of sp³-hybridized carbons (Fsp3) is 0.200. The van der Waals surface area contributed by atoms with Gasteiger partial charge < -0.3 is 4.42 Å². The van der Waals surface area contributed by atoms with Gasteiger partial charge in [0.05, 0.1) is 0 Å². The molecule has 0 atom stereocenters. The Labute approximate surface area is 92.0 Å². The first-order valence-corrected chi connectivity index (χ1v) is 4.73. The van der Waals surface area contributed by atoms with Gasteiger partial charge >= 0.3 is 6.03 Å². The van der Waals surface area contributed by atoms with Gasteiger partial charge in [0.15, 0.2) is 11.5 Å². The number of aryl methyl sites for hydroxylation is 1. The van der Waals surface area contributed by atoms with Gasteiger partial charge in [0.1, 0.15) is 5.52 Å². The molecular weight excluding hydrogens is 208 g/mol. The van der Waals surface area contributed by atoms with Crippen LogP contribution in [0.1, 0.15) is 5.89 Å². The maximum absolute atomic E-state index is 11.3. The van der Waals surface area contributed by atoms with Crippen molar-refractivity contribution < 1.29 is 9.21 Å². The number of fused-ring (bicyclic) bond motifs is 1. The van der Waals surface area contributed by atoms with Gasteiger partial charge in [-0.3, -0.25) is 10.3 Å². The second-order valence-corrected chi connectivity index (χ2v) is 3.39. The first-order valence-electron chi connectivity index (χ1n) is 4.73. The van der Waals surface area contributed by atoms with Crippen molar-refractivity contribution in [3.05, 3.63) is 24.1 Å². The molecular formula is C10H12N4O2. The number of amides is 2. The van der Waals surface area contributed by atoms with E-state index in [1.807, 2.05) is 0 Å². The topological polar surface area (TPSA) is 84.4 Å². The van der Waals surface area contributed by atoms with Crippen LogP contribution in [0, 0.1) is 6.92 Å². The predicted molar refractivity (Wildman–Crippen MR) is 59.9 cm³/mol. The third-order valence-corrected chi connectivity index (χ3v) is 2.29. The number of nitrogens with two attached hydrogens (primary N) is 1. The zero-order valence-electron chi connectivity index (χ0n) is 9.02. The van der Waals surface area contributed by atoms with E-state index >= 15 is 0 Å². The lowest BCUT2D eigenvalue weighted by molar-refractivity contribution is 0.248. The molecule has 3 N–H and O–H groups in total. The molecule has 0 bridgehead atoms. The summed E-state index contributed by atoms with van der Waals surface area (Å²) in [6.45, 7) is 1.77. The number of oxazole rings is 1. The third-order valence-electron chi connectivity index (χ3n) is 2.29. The van der Waals surface area contributed by atoms with E-state index in [9.17, 15) is 4.79 Å². The quantitative estimate of drug-likeness (QED) is 0.429. The average molecular weight is 220 g/mol. The molecule has 16 heavy (non-hydrogen) atoms. The molecule has 0 fully saturated rings. The normalized spacial score (nSPS) is 10.4. The number of nitrogens with one attached hydrogen (secondary N) is 1. The van der Waals surface area contributed by atoms with Gasteiger partial charge in [-0.2, -0.15) is 0 Å². The van der Waals surface area contributed by atoms with Crippen molar-refractivity contribution in [1.82, 2.24) is 10.4 Å². The summed E-state index contributed by atoms with van der Waals surface area (Å²) in [5.41, 5.74) is 4.17. The predicted octanol–water partition coefficient (Wildman–Crippen LogP) is 1.16. The summed E-state index contributed by atoms with van der Waals surface area (Å²) in [4.78, 5) is 16.9. The molecule has 2 amide bonds. The van der Waals surface area contributed by atoms with Crippen molar-refractivity contribution in [2.45, 2.75) is 6.92 Å². The Morgan fingerprint density at radius 1 is 1.56 bits per heavy atom. The Morgan fingerprint density at radius 3 is 3.00 bits per heavy atom. The largest absolute Gasteiger partial charge is 0.441 e. The van der Waals surface area contributed by atoms with Crippen LogP contribution in [-0.4, -0.2) is 18.1 Å². The molecule has 1 aromatic carbocycles. The van der Waals surface area contributed by atoms with Gasteiger partial charge in [-0.15, -0.1) is 0 Å². The molecule has 6 nitrogen and oxygen atoms in total. The van der Waals surface area contributed by atoms with Crippen molar-refractivity contribution in [1.29, 1.82) is 0 Å². The SMILES string of the molecule is Cc1nc2cc(N(C)C(=O)NN)ccc2o1. The van der Waals surface area contributed by atoms with Crippen LogP contribution in [-0.2, 0) is 0 Å². The van der Waals surface area contributed by atoms with E-state index in [1.165, 1.54) is 4.90 Å². The Morgan fingerprint density at radius 2 is 2.31 bits per heavy atom. The fourth-order valence-electron chi connectivity index (χ4n) is 1.45. The molecule has 2 rings (SSSR count). The first-order chi connectivity index (χ1) is 7.61. The second-order valence-electron chi connectivity index (χ2n) is 3.39. The highest BCUT2D eigenvalue weighted by atomic mass is 16.3. The summed E-state index contributed by atoms with van der Waals surface area (Å²) in [6.07, 6.45) is 0. The molecule has 1 aromatic heterocycles. The molecule has 0 saturated heterocycles. The molecule has 0 aliphatic rings. The van der Waals surface area contributed by atoms with E-state index in [0.29, 0.717) is 22.7 Å². The summed E-state index contributed by atoms with van der Waals surface area (Å²) in [5.74, 6) is 5.65. The van der Waals surface area contributed by atoms with Gasteiger partial charge in [-0.1, -0.05) is 0 Å². The molecule has 0 saturated carbocycles. The minimum atomic E-state index is -0.389. The second kappa shape index (κ2) is 3.82. The zero-order chi connectivity index (χ0) is 11.7. The monoisotopic (exact) mass is 220 g/mol. The molecule has 84 valence electrons. The number of hydrogen-bond donors (Lipinski definition) is 2. The van der Waals surface area contributed by atoms with Crippen molar-refractivity contribution in [3.63, 3.8) is 0 Å². The maximum atomic E-state index is 11.3. The van der Waals surface area contributed by atoms with Crippen LogP contribution in [0.5, 0.6) is 0 Å². The fourth-order valence-corrected chi connectivity index (χ4v) is 1.45. The van der Waals surface area contributed by atoms with Crippen molar-refractivity contribution in [2.75, 3.05) is 11.9 Å². The van der Waals surface area contributed by atoms with Crippen molar-refractivity contribution in [3.8, 4) is 0 Å². The number of hydrogen-bond acceptors (Lipinski definition) is 4. The van der Waals surface area contributed by atoms with E-state index in [4.69, 9.17) is 10.3 Å². The van der Waals surface area contributed by atoms with Crippen LogP contribution in [0.25, 0.3) is 11.1 Å². The lowest BCUT2D eigenvalue weighted by Crippen LogP contribution is -2.41. The Bertz CT molecular complexity index is 535. The minimum absolute atomic E-state index is 0.389. The van der Waals surface area contributed by atoms with E-state index in [0.717, 1.165) is 0 Å². The average Bonchev–Trinajstić information content (AvgIpc) is 2.65. The van der Waals surface area contributed by atoms with Gasteiger partial charge in [-0.25, -0.2) is 15.6 Å². The van der Waals surface area contributed by atoms with Crippen molar-refractivity contribution in [2.24, 2.45) is 5.84 Å². The summed E-state index contributed by atoms with van der Waals surface area (Å²) in [5, 5.41) is 0. The number of nitrogens with zero attached hydrogens (tertiary/aromatic N) is 2. The van der Waals surface area contributed by atoms with Crippen LogP contribution in [0.2, 0.25) is 0 Å². The molecule has 6 heteroatoms. The molecule has 0 radical (unpaired) electrons. The Balaban J connectivity index is 2.42. The highest BCUT2D eigenvalue weighted by molar-refractivity contribution is 5.93. The molecule has 1 heterocycles. The van der Waals surface area contributed by atoms with E-state index < -0.39 is 0 Å². The third kappa shape index (κ3) is 1.70. The van der Waals surface area contributed by atoms with E-state index in [-0.39, 0.29) is 6.03 Å². The number of urea groups is 1. The summed E-state index contributed by atoms with van der Waals surface area (Å²) in [6, 6.07) is 4.91.